The number of alkyl halides is 1. The summed E-state index contributed by atoms with van der Waals surface area (Å²) in [5, 5.41) is 3.06. The third-order valence-electron chi connectivity index (χ3n) is 2.13. The predicted molar refractivity (Wildman–Crippen MR) is 75.0 cm³/mol. The third-order valence-corrected chi connectivity index (χ3v) is 3.89. The van der Waals surface area contributed by atoms with Crippen molar-refractivity contribution in [3.63, 3.8) is 0 Å². The summed E-state index contributed by atoms with van der Waals surface area (Å²) in [5.74, 6) is 1.35. The van der Waals surface area contributed by atoms with E-state index in [1.165, 1.54) is 0 Å². The van der Waals surface area contributed by atoms with Gasteiger partial charge in [-0.05, 0) is 24.3 Å². The lowest BCUT2D eigenvalue weighted by molar-refractivity contribution is 0.321. The maximum atomic E-state index is 5.69. The van der Waals surface area contributed by atoms with Crippen molar-refractivity contribution in [2.45, 2.75) is 12.3 Å². The lowest BCUT2D eigenvalue weighted by atomic mass is 10.3. The van der Waals surface area contributed by atoms with Crippen LogP contribution in [0.3, 0.4) is 0 Å². The van der Waals surface area contributed by atoms with Crippen LogP contribution in [0.5, 0.6) is 5.75 Å². The maximum absolute atomic E-state index is 5.69. The number of nitrogens with zero attached hydrogens (tertiary/aromatic N) is 1. The lowest BCUT2D eigenvalue weighted by Crippen LogP contribution is -2.01. The molecule has 90 valence electrons. The lowest BCUT2D eigenvalue weighted by Gasteiger charge is -2.04. The maximum Gasteiger partial charge on any atom is 0.119 e. The molecule has 17 heavy (non-hydrogen) atoms. The first-order valence-corrected chi connectivity index (χ1v) is 7.36. The SMILES string of the molecule is ClCc1csc(CCOc2ccc(Br)cc2)n1. The minimum Gasteiger partial charge on any atom is -0.493 e. The van der Waals surface area contributed by atoms with Gasteiger partial charge in [-0.1, -0.05) is 15.9 Å². The summed E-state index contributed by atoms with van der Waals surface area (Å²) in [5.41, 5.74) is 0.940. The molecule has 0 radical (unpaired) electrons. The number of ether oxygens (including phenoxy) is 1. The number of thiazole rings is 1. The van der Waals surface area contributed by atoms with E-state index >= 15 is 0 Å². The monoisotopic (exact) mass is 331 g/mol. The molecule has 0 bridgehead atoms. The van der Waals surface area contributed by atoms with Crippen LogP contribution in [-0.2, 0) is 12.3 Å². The molecule has 2 rings (SSSR count). The third kappa shape index (κ3) is 3.98. The molecule has 5 heteroatoms. The molecular formula is C12H11BrClNOS. The molecule has 0 N–H and O–H groups in total. The van der Waals surface area contributed by atoms with E-state index < -0.39 is 0 Å². The van der Waals surface area contributed by atoms with Crippen molar-refractivity contribution in [2.75, 3.05) is 6.61 Å². The molecule has 2 aromatic rings. The van der Waals surface area contributed by atoms with Crippen molar-refractivity contribution < 1.29 is 4.74 Å². The Morgan fingerprint density at radius 2 is 2.06 bits per heavy atom. The molecule has 1 aromatic heterocycles. The predicted octanol–water partition coefficient (Wildman–Crippen LogP) is 4.27. The van der Waals surface area contributed by atoms with Crippen molar-refractivity contribution in [1.29, 1.82) is 0 Å². The van der Waals surface area contributed by atoms with Gasteiger partial charge in [-0.2, -0.15) is 0 Å². The number of hydrogen-bond donors (Lipinski definition) is 0. The summed E-state index contributed by atoms with van der Waals surface area (Å²) in [6.45, 7) is 0.636. The number of hydrogen-bond acceptors (Lipinski definition) is 3. The molecule has 0 aliphatic carbocycles. The van der Waals surface area contributed by atoms with Crippen LogP contribution in [0, 0.1) is 0 Å². The van der Waals surface area contributed by atoms with Gasteiger partial charge in [0.1, 0.15) is 5.75 Å². The minimum atomic E-state index is 0.476. The minimum absolute atomic E-state index is 0.476. The Hall–Kier alpha value is -0.580. The molecule has 0 aliphatic rings. The average Bonchev–Trinajstić information content (AvgIpc) is 2.80. The highest BCUT2D eigenvalue weighted by Crippen LogP contribution is 2.17. The van der Waals surface area contributed by atoms with E-state index in [1.54, 1.807) is 11.3 Å². The zero-order valence-electron chi connectivity index (χ0n) is 9.03. The Morgan fingerprint density at radius 3 is 2.71 bits per heavy atom. The molecule has 0 fully saturated rings. The highest BCUT2D eigenvalue weighted by Gasteiger charge is 2.01. The standard InChI is InChI=1S/C12H11BrClNOS/c13-9-1-3-11(4-2-9)16-6-5-12-15-10(7-14)8-17-12/h1-4,8H,5-7H2. The van der Waals surface area contributed by atoms with E-state index in [4.69, 9.17) is 16.3 Å². The Morgan fingerprint density at radius 1 is 1.29 bits per heavy atom. The van der Waals surface area contributed by atoms with Gasteiger partial charge in [0.15, 0.2) is 0 Å². The van der Waals surface area contributed by atoms with Crippen molar-refractivity contribution in [1.82, 2.24) is 4.98 Å². The molecule has 0 unspecified atom stereocenters. The van der Waals surface area contributed by atoms with Gasteiger partial charge < -0.3 is 4.74 Å². The molecule has 0 saturated heterocycles. The van der Waals surface area contributed by atoms with Crippen molar-refractivity contribution in [2.24, 2.45) is 0 Å². The van der Waals surface area contributed by atoms with Crippen molar-refractivity contribution in [3.05, 3.63) is 44.8 Å². The highest BCUT2D eigenvalue weighted by molar-refractivity contribution is 9.10. The van der Waals surface area contributed by atoms with Crippen LogP contribution in [0.15, 0.2) is 34.1 Å². The largest absolute Gasteiger partial charge is 0.493 e. The summed E-state index contributed by atoms with van der Waals surface area (Å²) in [6, 6.07) is 7.81. The second-order valence-corrected chi connectivity index (χ2v) is 5.54. The zero-order chi connectivity index (χ0) is 12.1. The van der Waals surface area contributed by atoms with E-state index in [0.717, 1.165) is 27.3 Å². The first-order chi connectivity index (χ1) is 8.28. The smallest absolute Gasteiger partial charge is 0.119 e. The van der Waals surface area contributed by atoms with Crippen LogP contribution >= 0.6 is 38.9 Å². The number of rotatable bonds is 5. The Balaban J connectivity index is 1.81. The molecule has 0 aliphatic heterocycles. The second-order valence-electron chi connectivity index (χ2n) is 3.42. The van der Waals surface area contributed by atoms with Gasteiger partial charge in [0, 0.05) is 16.3 Å². The molecular weight excluding hydrogens is 322 g/mol. The van der Waals surface area contributed by atoms with Crippen LogP contribution in [-0.4, -0.2) is 11.6 Å². The van der Waals surface area contributed by atoms with E-state index in [1.807, 2.05) is 29.6 Å². The Bertz CT molecular complexity index is 472. The fourth-order valence-corrected chi connectivity index (χ4v) is 2.58. The molecule has 1 aromatic carbocycles. The molecule has 0 saturated carbocycles. The normalized spacial score (nSPS) is 10.5. The van der Waals surface area contributed by atoms with Gasteiger partial charge in [-0.25, -0.2) is 4.98 Å². The molecule has 0 spiro atoms. The van der Waals surface area contributed by atoms with Crippen LogP contribution in [0.2, 0.25) is 0 Å². The number of halogens is 2. The van der Waals surface area contributed by atoms with E-state index in [9.17, 15) is 0 Å². The molecule has 1 heterocycles. The zero-order valence-corrected chi connectivity index (χ0v) is 12.2. The summed E-state index contributed by atoms with van der Waals surface area (Å²) in [7, 11) is 0. The molecule has 2 nitrogen and oxygen atoms in total. The van der Waals surface area contributed by atoms with Crippen LogP contribution in [0.1, 0.15) is 10.7 Å². The van der Waals surface area contributed by atoms with E-state index in [2.05, 4.69) is 20.9 Å². The van der Waals surface area contributed by atoms with Gasteiger partial charge in [0.2, 0.25) is 0 Å². The molecule has 0 atom stereocenters. The van der Waals surface area contributed by atoms with Gasteiger partial charge in [-0.15, -0.1) is 22.9 Å². The number of benzene rings is 1. The summed E-state index contributed by atoms with van der Waals surface area (Å²) in [4.78, 5) is 4.37. The van der Waals surface area contributed by atoms with Crippen LogP contribution < -0.4 is 4.74 Å². The summed E-state index contributed by atoms with van der Waals surface area (Å²) >= 11 is 10.7. The van der Waals surface area contributed by atoms with Crippen LogP contribution in [0.25, 0.3) is 0 Å². The summed E-state index contributed by atoms with van der Waals surface area (Å²) < 4.78 is 6.67. The van der Waals surface area contributed by atoms with Crippen molar-refractivity contribution >= 4 is 38.9 Å². The van der Waals surface area contributed by atoms with E-state index in [0.29, 0.717) is 12.5 Å². The highest BCUT2D eigenvalue weighted by atomic mass is 79.9. The quantitative estimate of drug-likeness (QED) is 0.763. The fourth-order valence-electron chi connectivity index (χ4n) is 1.31. The van der Waals surface area contributed by atoms with Gasteiger partial charge >= 0.3 is 0 Å². The number of aromatic nitrogens is 1. The molecule has 0 amide bonds. The second kappa shape index (κ2) is 6.38. The Kier molecular flexibility index (Phi) is 4.83. The first kappa shape index (κ1) is 12.9. The van der Waals surface area contributed by atoms with Crippen LogP contribution in [0.4, 0.5) is 0 Å². The fraction of sp³-hybridized carbons (Fsp3) is 0.250. The Labute approximate surface area is 118 Å². The van der Waals surface area contributed by atoms with Crippen molar-refractivity contribution in [3.8, 4) is 5.75 Å². The first-order valence-electron chi connectivity index (χ1n) is 5.15. The van der Waals surface area contributed by atoms with E-state index in [-0.39, 0.29) is 0 Å². The van der Waals surface area contributed by atoms with Gasteiger partial charge in [0.05, 0.1) is 23.2 Å². The van der Waals surface area contributed by atoms with Gasteiger partial charge in [-0.3, -0.25) is 0 Å². The average molecular weight is 333 g/mol. The topological polar surface area (TPSA) is 22.1 Å². The van der Waals surface area contributed by atoms with Gasteiger partial charge in [0.25, 0.3) is 0 Å². The summed E-state index contributed by atoms with van der Waals surface area (Å²) in [6.07, 6.45) is 0.817.